The van der Waals surface area contributed by atoms with Crippen LogP contribution >= 0.6 is 16.6 Å². The summed E-state index contributed by atoms with van der Waals surface area (Å²) in [5.41, 5.74) is 0. The van der Waals surface area contributed by atoms with Crippen LogP contribution in [0.15, 0.2) is 0 Å². The average Bonchev–Trinajstić information content (AvgIpc) is 1.69. The summed E-state index contributed by atoms with van der Waals surface area (Å²) in [7, 11) is 4.38. The first kappa shape index (κ1) is 8.62. The Balaban J connectivity index is 2.45. The zero-order chi connectivity index (χ0) is 5.54. The van der Waals surface area contributed by atoms with Gasteiger partial charge in [-0.3, -0.25) is 0 Å². The van der Waals surface area contributed by atoms with Gasteiger partial charge in [0.1, 0.15) is 0 Å². The molecule has 7 heavy (non-hydrogen) atoms. The fourth-order valence-corrected chi connectivity index (χ4v) is 12.6. The van der Waals surface area contributed by atoms with Crippen LogP contribution in [0.5, 0.6) is 0 Å². The molecule has 0 aliphatic carbocycles. The molecule has 0 unspecified atom stereocenters. The molecule has 3 heteroatoms. The molecular formula is C4H10PbS2. The van der Waals surface area contributed by atoms with E-state index in [4.69, 9.17) is 0 Å². The minimum absolute atomic E-state index is 0.166. The SMILES string of the molecule is CC[S][Pb][S]CC. The number of hydrogen-bond donors (Lipinski definition) is 0. The van der Waals surface area contributed by atoms with E-state index < -0.39 is 0 Å². The second-order valence-electron chi connectivity index (χ2n) is 0.949. The Hall–Kier alpha value is 1.62. The van der Waals surface area contributed by atoms with Crippen molar-refractivity contribution < 1.29 is 0 Å². The topological polar surface area (TPSA) is 0 Å². The van der Waals surface area contributed by atoms with Gasteiger partial charge in [-0.2, -0.15) is 0 Å². The van der Waals surface area contributed by atoms with Gasteiger partial charge in [-0.1, -0.05) is 0 Å². The van der Waals surface area contributed by atoms with Gasteiger partial charge in [0.15, 0.2) is 0 Å². The van der Waals surface area contributed by atoms with E-state index >= 15 is 0 Å². The summed E-state index contributed by atoms with van der Waals surface area (Å²) in [6, 6.07) is 0. The molecule has 0 aromatic heterocycles. The molecule has 0 aliphatic rings. The van der Waals surface area contributed by atoms with Gasteiger partial charge in [-0.15, -0.1) is 0 Å². The first-order chi connectivity index (χ1) is 3.41. The van der Waals surface area contributed by atoms with Crippen LogP contribution in [0, 0.1) is 0 Å². The molecule has 0 spiro atoms. The van der Waals surface area contributed by atoms with Crippen LogP contribution < -0.4 is 0 Å². The van der Waals surface area contributed by atoms with E-state index in [2.05, 4.69) is 30.5 Å². The molecule has 0 atom stereocenters. The van der Waals surface area contributed by atoms with Crippen molar-refractivity contribution >= 4 is 37.9 Å². The van der Waals surface area contributed by atoms with Gasteiger partial charge in [0.05, 0.1) is 0 Å². The van der Waals surface area contributed by atoms with E-state index in [0.29, 0.717) is 0 Å². The van der Waals surface area contributed by atoms with Crippen LogP contribution in [-0.4, -0.2) is 32.7 Å². The monoisotopic (exact) mass is 330 g/mol. The summed E-state index contributed by atoms with van der Waals surface area (Å²) in [5, 5.41) is 0. The van der Waals surface area contributed by atoms with Crippen LogP contribution in [0.4, 0.5) is 0 Å². The van der Waals surface area contributed by atoms with Crippen molar-refractivity contribution in [2.75, 3.05) is 11.5 Å². The molecule has 0 aromatic rings. The van der Waals surface area contributed by atoms with Gasteiger partial charge in [0.25, 0.3) is 0 Å². The van der Waals surface area contributed by atoms with Gasteiger partial charge < -0.3 is 0 Å². The molecule has 0 heterocycles. The van der Waals surface area contributed by atoms with Crippen molar-refractivity contribution in [1.82, 2.24) is 0 Å². The summed E-state index contributed by atoms with van der Waals surface area (Å²) in [6.07, 6.45) is 0. The molecular weight excluding hydrogens is 319 g/mol. The molecule has 0 rings (SSSR count). The zero-order valence-electron chi connectivity index (χ0n) is 4.73. The minimum atomic E-state index is -0.166. The predicted octanol–water partition coefficient (Wildman–Crippen LogP) is 2.03. The summed E-state index contributed by atoms with van der Waals surface area (Å²) >= 11 is -0.166. The van der Waals surface area contributed by atoms with Gasteiger partial charge in [-0.05, 0) is 0 Å². The first-order valence-corrected chi connectivity index (χ1v) is 13.9. The molecule has 0 aromatic carbocycles. The maximum atomic E-state index is 2.24. The second kappa shape index (κ2) is 7.62. The van der Waals surface area contributed by atoms with Crippen molar-refractivity contribution in [3.05, 3.63) is 0 Å². The molecule has 0 fully saturated rings. The molecule has 0 bridgehead atoms. The van der Waals surface area contributed by atoms with Crippen LogP contribution in [0.1, 0.15) is 13.8 Å². The van der Waals surface area contributed by atoms with Gasteiger partial charge >= 0.3 is 63.2 Å². The van der Waals surface area contributed by atoms with Crippen molar-refractivity contribution in [2.24, 2.45) is 0 Å². The maximum absolute atomic E-state index is 2.24. The molecule has 42 valence electrons. The van der Waals surface area contributed by atoms with E-state index in [-0.39, 0.29) is 21.2 Å². The van der Waals surface area contributed by atoms with E-state index in [9.17, 15) is 0 Å². The van der Waals surface area contributed by atoms with Crippen LogP contribution in [0.2, 0.25) is 0 Å². The van der Waals surface area contributed by atoms with Crippen molar-refractivity contribution in [2.45, 2.75) is 13.8 Å². The molecule has 0 amide bonds. The third-order valence-electron chi connectivity index (χ3n) is 0.407. The first-order valence-electron chi connectivity index (χ1n) is 2.40. The molecule has 0 saturated carbocycles. The summed E-state index contributed by atoms with van der Waals surface area (Å²) in [5.74, 6) is 2.69. The van der Waals surface area contributed by atoms with Crippen LogP contribution in [0.25, 0.3) is 0 Å². The normalized spacial score (nSPS) is 9.43. The summed E-state index contributed by atoms with van der Waals surface area (Å²) in [6.45, 7) is 4.49. The summed E-state index contributed by atoms with van der Waals surface area (Å²) in [4.78, 5) is 0. The Labute approximate surface area is 62.7 Å². The van der Waals surface area contributed by atoms with Gasteiger partial charge in [0, 0.05) is 0 Å². The van der Waals surface area contributed by atoms with Crippen molar-refractivity contribution in [3.63, 3.8) is 0 Å². The standard InChI is InChI=1S/2C2H6S.Pb/c2*1-2-3;/h2*3H,2H2,1H3;/q;;+2/p-2. The van der Waals surface area contributed by atoms with Crippen LogP contribution in [-0.2, 0) is 0 Å². The quantitative estimate of drug-likeness (QED) is 0.572. The summed E-state index contributed by atoms with van der Waals surface area (Å²) < 4.78 is 0. The Morgan fingerprint density at radius 3 is 1.86 bits per heavy atom. The third-order valence-corrected chi connectivity index (χ3v) is 16.9. The Bertz CT molecular complexity index is 28.9. The van der Waals surface area contributed by atoms with E-state index in [1.54, 1.807) is 0 Å². The Kier molecular flexibility index (Phi) is 9.39. The molecule has 0 N–H and O–H groups in total. The molecule has 0 aliphatic heterocycles. The van der Waals surface area contributed by atoms with Gasteiger partial charge in [-0.25, -0.2) is 0 Å². The molecule has 0 saturated heterocycles. The molecule has 2 radical (unpaired) electrons. The van der Waals surface area contributed by atoms with E-state index in [1.165, 1.54) is 11.5 Å². The number of rotatable bonds is 4. The predicted molar refractivity (Wildman–Crippen MR) is 42.0 cm³/mol. The Morgan fingerprint density at radius 1 is 1.14 bits per heavy atom. The van der Waals surface area contributed by atoms with E-state index in [1.807, 2.05) is 0 Å². The average molecular weight is 329 g/mol. The van der Waals surface area contributed by atoms with Crippen LogP contribution in [0.3, 0.4) is 0 Å². The third kappa shape index (κ3) is 7.62. The fraction of sp³-hybridized carbons (Fsp3) is 1.00. The second-order valence-corrected chi connectivity index (χ2v) is 15.9. The van der Waals surface area contributed by atoms with Gasteiger partial charge in [0.2, 0.25) is 0 Å². The van der Waals surface area contributed by atoms with Crippen molar-refractivity contribution in [3.8, 4) is 0 Å². The zero-order valence-corrected chi connectivity index (χ0v) is 10.3. The fourth-order valence-electron chi connectivity index (χ4n) is 0.160. The molecule has 0 nitrogen and oxygen atoms in total. The number of hydrogen-bond acceptors (Lipinski definition) is 2. The van der Waals surface area contributed by atoms with Crippen molar-refractivity contribution in [1.29, 1.82) is 0 Å². The Morgan fingerprint density at radius 2 is 1.57 bits per heavy atom. The van der Waals surface area contributed by atoms with E-state index in [0.717, 1.165) is 0 Å².